The molecule has 0 spiro atoms. The van der Waals surface area contributed by atoms with E-state index in [-0.39, 0.29) is 40.3 Å². The number of oxazole rings is 1. The number of fused-ring (bicyclic) bond motifs is 2. The predicted octanol–water partition coefficient (Wildman–Crippen LogP) is 0.457. The largest absolute Gasteiger partial charge is 0.419 e. The molecule has 3 aromatic heterocycles. The van der Waals surface area contributed by atoms with Crippen LogP contribution < -0.4 is 21.7 Å². The molecule has 0 bridgehead atoms. The number of hydrogen-bond acceptors (Lipinski definition) is 7. The number of hydrogen-bond donors (Lipinski definition) is 3. The molecule has 0 aliphatic heterocycles. The first-order chi connectivity index (χ1) is 19.7. The van der Waals surface area contributed by atoms with Crippen molar-refractivity contribution >= 4 is 34.5 Å². The van der Waals surface area contributed by atoms with Gasteiger partial charge in [-0.1, -0.05) is 6.07 Å². The van der Waals surface area contributed by atoms with E-state index in [1.54, 1.807) is 32.3 Å². The minimum absolute atomic E-state index is 0.0117. The van der Waals surface area contributed by atoms with Gasteiger partial charge in [-0.15, -0.1) is 0 Å². The summed E-state index contributed by atoms with van der Waals surface area (Å²) in [5.41, 5.74) is 1.34. The van der Waals surface area contributed by atoms with Gasteiger partial charge in [-0.05, 0) is 58.6 Å². The molecule has 6 saturated carbocycles. The molecule has 10 rings (SSSR count). The number of aromatic nitrogens is 4. The van der Waals surface area contributed by atoms with Gasteiger partial charge in [0.15, 0.2) is 17.0 Å². The van der Waals surface area contributed by atoms with E-state index in [1.807, 2.05) is 0 Å². The highest BCUT2D eigenvalue weighted by Gasteiger charge is 3.11. The van der Waals surface area contributed by atoms with Crippen molar-refractivity contribution in [3.63, 3.8) is 0 Å². The molecule has 208 valence electrons. The Labute approximate surface area is 230 Å². The monoisotopic (exact) mass is 557 g/mol. The topological polar surface area (TPSA) is 153 Å². The van der Waals surface area contributed by atoms with E-state index in [0.29, 0.717) is 58.7 Å². The van der Waals surface area contributed by atoms with Crippen LogP contribution in [0.4, 0.5) is 4.39 Å². The number of amides is 3. The van der Waals surface area contributed by atoms with Crippen molar-refractivity contribution in [1.29, 1.82) is 0 Å². The number of nitrogens with one attached hydrogen (secondary N) is 3. The Balaban J connectivity index is 0.930. The van der Waals surface area contributed by atoms with Crippen LogP contribution in [0.5, 0.6) is 0 Å². The average Bonchev–Trinajstić information content (AvgIpc) is 3.51. The molecule has 0 unspecified atom stereocenters. The maximum atomic E-state index is 14.5. The highest BCUT2D eigenvalue weighted by molar-refractivity contribution is 5.98. The number of benzene rings is 1. The Kier molecular flexibility index (Phi) is 3.97. The number of aryl methyl sites for hydroxylation is 1. The summed E-state index contributed by atoms with van der Waals surface area (Å²) in [6, 6.07) is 6.41. The summed E-state index contributed by atoms with van der Waals surface area (Å²) in [6.07, 6.45) is 0.960. The Morgan fingerprint density at radius 3 is 2.49 bits per heavy atom. The SMILES string of the molecule is CNC(=O)C12C3C4C1C1C2C3C41CNC(=O)c1cc(C(=O)NCc2ccc3oc(=O)n(C)c3c2)nc2c(F)cnn12. The summed E-state index contributed by atoms with van der Waals surface area (Å²) in [6.45, 7) is 0.602. The van der Waals surface area contributed by atoms with Crippen molar-refractivity contribution < 1.29 is 23.2 Å². The zero-order valence-corrected chi connectivity index (χ0v) is 22.0. The van der Waals surface area contributed by atoms with Gasteiger partial charge in [-0.2, -0.15) is 5.10 Å². The van der Waals surface area contributed by atoms with Crippen LogP contribution in [0.1, 0.15) is 26.5 Å². The fourth-order valence-electron chi connectivity index (χ4n) is 9.87. The molecule has 6 aliphatic carbocycles. The number of rotatable bonds is 7. The third-order valence-corrected chi connectivity index (χ3v) is 11.2. The molecule has 4 aromatic rings. The molecular formula is C28H24FN7O5. The second kappa shape index (κ2) is 7.01. The summed E-state index contributed by atoms with van der Waals surface area (Å²) in [5, 5.41) is 12.6. The molecule has 41 heavy (non-hydrogen) atoms. The summed E-state index contributed by atoms with van der Waals surface area (Å²) >= 11 is 0. The van der Waals surface area contributed by atoms with Crippen LogP contribution in [0.2, 0.25) is 0 Å². The normalized spacial score (nSPS) is 34.0. The van der Waals surface area contributed by atoms with E-state index in [2.05, 4.69) is 26.0 Å². The maximum Gasteiger partial charge on any atom is 0.419 e. The van der Waals surface area contributed by atoms with Gasteiger partial charge >= 0.3 is 5.76 Å². The van der Waals surface area contributed by atoms with E-state index in [1.165, 1.54) is 10.6 Å². The molecule has 1 aromatic carbocycles. The number of nitrogens with zero attached hydrogens (tertiary/aromatic N) is 4. The van der Waals surface area contributed by atoms with Crippen LogP contribution in [0, 0.1) is 52.2 Å². The van der Waals surface area contributed by atoms with E-state index in [9.17, 15) is 23.6 Å². The van der Waals surface area contributed by atoms with Gasteiger partial charge < -0.3 is 20.4 Å². The van der Waals surface area contributed by atoms with Gasteiger partial charge in [-0.3, -0.25) is 19.0 Å². The van der Waals surface area contributed by atoms with E-state index >= 15 is 0 Å². The Bertz CT molecular complexity index is 1920. The van der Waals surface area contributed by atoms with Crippen molar-refractivity contribution in [1.82, 2.24) is 35.1 Å². The first-order valence-electron chi connectivity index (χ1n) is 13.7. The van der Waals surface area contributed by atoms with Gasteiger partial charge in [0.2, 0.25) is 5.91 Å². The van der Waals surface area contributed by atoms with E-state index < -0.39 is 23.4 Å². The first-order valence-corrected chi connectivity index (χ1v) is 13.7. The fourth-order valence-corrected chi connectivity index (χ4v) is 9.87. The van der Waals surface area contributed by atoms with E-state index in [0.717, 1.165) is 10.7 Å². The number of carbonyl (C=O) groups excluding carboxylic acids is 3. The third-order valence-electron chi connectivity index (χ3n) is 11.2. The van der Waals surface area contributed by atoms with Gasteiger partial charge in [0.05, 0.1) is 17.1 Å². The molecule has 0 atom stereocenters. The van der Waals surface area contributed by atoms with E-state index in [4.69, 9.17) is 4.42 Å². The average molecular weight is 558 g/mol. The number of carbonyl (C=O) groups is 3. The summed E-state index contributed by atoms with van der Waals surface area (Å²) in [7, 11) is 3.29. The Morgan fingerprint density at radius 2 is 1.78 bits per heavy atom. The molecule has 12 nitrogen and oxygen atoms in total. The summed E-state index contributed by atoms with van der Waals surface area (Å²) in [5.74, 6) is 0.696. The van der Waals surface area contributed by atoms with Crippen LogP contribution in [-0.2, 0) is 18.4 Å². The molecule has 6 aliphatic rings. The van der Waals surface area contributed by atoms with Crippen molar-refractivity contribution in [2.24, 2.45) is 53.4 Å². The molecule has 3 heterocycles. The van der Waals surface area contributed by atoms with Gasteiger partial charge in [0, 0.05) is 33.3 Å². The molecule has 13 heteroatoms. The zero-order chi connectivity index (χ0) is 28.2. The lowest BCUT2D eigenvalue weighted by Crippen LogP contribution is -3.12. The molecule has 0 radical (unpaired) electrons. The molecular weight excluding hydrogens is 533 g/mol. The summed E-state index contributed by atoms with van der Waals surface area (Å²) in [4.78, 5) is 54.8. The molecule has 0 saturated heterocycles. The minimum atomic E-state index is -0.749. The van der Waals surface area contributed by atoms with Crippen molar-refractivity contribution in [2.75, 3.05) is 13.6 Å². The van der Waals surface area contributed by atoms with Gasteiger partial charge in [0.25, 0.3) is 11.8 Å². The maximum absolute atomic E-state index is 14.5. The second-order valence-corrected chi connectivity index (χ2v) is 12.1. The fraction of sp³-hybridized carbons (Fsp3) is 0.429. The predicted molar refractivity (Wildman–Crippen MR) is 138 cm³/mol. The third kappa shape index (κ3) is 2.26. The Morgan fingerprint density at radius 1 is 1.05 bits per heavy atom. The van der Waals surface area contributed by atoms with Gasteiger partial charge in [0.1, 0.15) is 11.4 Å². The molecule has 6 fully saturated rings. The lowest BCUT2D eigenvalue weighted by molar-refractivity contribution is -0.639. The van der Waals surface area contributed by atoms with Crippen LogP contribution in [-0.4, -0.2) is 50.5 Å². The summed E-state index contributed by atoms with van der Waals surface area (Å²) < 4.78 is 22.1. The smallest absolute Gasteiger partial charge is 0.408 e. The van der Waals surface area contributed by atoms with Crippen molar-refractivity contribution in [3.05, 3.63) is 63.8 Å². The quantitative estimate of drug-likeness (QED) is 0.298. The first kappa shape index (κ1) is 23.2. The molecule has 3 amide bonds. The Hall–Kier alpha value is -4.55. The molecule has 3 N–H and O–H groups in total. The minimum Gasteiger partial charge on any atom is -0.408 e. The van der Waals surface area contributed by atoms with Crippen molar-refractivity contribution in [3.8, 4) is 0 Å². The lowest BCUT2D eigenvalue weighted by atomic mass is 8.92. The highest BCUT2D eigenvalue weighted by atomic mass is 19.1. The zero-order valence-electron chi connectivity index (χ0n) is 22.0. The lowest BCUT2D eigenvalue weighted by Gasteiger charge is -3.10. The van der Waals surface area contributed by atoms with Crippen LogP contribution in [0.25, 0.3) is 16.7 Å². The standard InChI is InChI=1S/C28H24FN7O5/c1-30-25(39)28-19-16-20(28)18-21(28)17(19)27(16,18)9-32-24(38)14-6-12(34-22-11(29)8-33-36(14)22)23(37)31-7-10-3-4-15-13(5-10)35(2)26(40)41-15/h3-6,8,16-21H,7,9H2,1-2H3,(H,30,39)(H,31,37)(H,32,38). The van der Waals surface area contributed by atoms with Crippen LogP contribution >= 0.6 is 0 Å². The van der Waals surface area contributed by atoms with Crippen molar-refractivity contribution in [2.45, 2.75) is 6.54 Å². The van der Waals surface area contributed by atoms with Crippen LogP contribution in [0.3, 0.4) is 0 Å². The highest BCUT2D eigenvalue weighted by Crippen LogP contribution is 3.10. The van der Waals surface area contributed by atoms with Gasteiger partial charge in [-0.25, -0.2) is 18.7 Å². The number of halogens is 1. The van der Waals surface area contributed by atoms with Crippen LogP contribution in [0.15, 0.2) is 39.7 Å². The second-order valence-electron chi connectivity index (χ2n) is 12.1.